The molecule has 0 aromatic carbocycles. The van der Waals surface area contributed by atoms with Crippen molar-refractivity contribution >= 4 is 22.6 Å². The van der Waals surface area contributed by atoms with Crippen LogP contribution in [0.5, 0.6) is 0 Å². The van der Waals surface area contributed by atoms with E-state index < -0.39 is 0 Å². The van der Waals surface area contributed by atoms with Crippen LogP contribution in [0.25, 0.3) is 0 Å². The second-order valence-electron chi connectivity index (χ2n) is 4.01. The van der Waals surface area contributed by atoms with E-state index in [1.807, 2.05) is 13.8 Å². The fourth-order valence-electron chi connectivity index (χ4n) is 1.24. The van der Waals surface area contributed by atoms with Gasteiger partial charge in [0.25, 0.3) is 0 Å². The number of hydrogen-bond donors (Lipinski definition) is 0. The molecule has 74 valence electrons. The second kappa shape index (κ2) is 4.27. The lowest BCUT2D eigenvalue weighted by Gasteiger charge is -2.07. The number of hydrogen-bond acceptors (Lipinski definition) is 3. The molecule has 3 heteroatoms. The van der Waals surface area contributed by atoms with E-state index in [1.54, 1.807) is 11.8 Å². The van der Waals surface area contributed by atoms with Crippen LogP contribution in [0, 0.1) is 11.8 Å². The van der Waals surface area contributed by atoms with Gasteiger partial charge in [-0.2, -0.15) is 0 Å². The van der Waals surface area contributed by atoms with Crippen LogP contribution in [0.2, 0.25) is 0 Å². The van der Waals surface area contributed by atoms with Crippen molar-refractivity contribution in [1.82, 2.24) is 0 Å². The quantitative estimate of drug-likeness (QED) is 0.698. The molecule has 0 bridgehead atoms. The number of rotatable bonds is 3. The lowest BCUT2D eigenvalue weighted by molar-refractivity contribution is -0.122. The molecule has 0 spiro atoms. The summed E-state index contributed by atoms with van der Waals surface area (Å²) in [4.78, 5) is 16.0. The van der Waals surface area contributed by atoms with E-state index in [-0.39, 0.29) is 17.7 Å². The van der Waals surface area contributed by atoms with Crippen molar-refractivity contribution in [3.63, 3.8) is 0 Å². The van der Waals surface area contributed by atoms with Crippen molar-refractivity contribution in [3.05, 3.63) is 0 Å². The van der Waals surface area contributed by atoms with E-state index in [0.29, 0.717) is 5.92 Å². The lowest BCUT2D eigenvalue weighted by Crippen LogP contribution is -2.23. The second-order valence-corrected chi connectivity index (χ2v) is 5.05. The van der Waals surface area contributed by atoms with Crippen LogP contribution in [0.3, 0.4) is 0 Å². The molecule has 1 aliphatic heterocycles. The minimum absolute atomic E-state index is 0.0672. The number of carbonyl (C=O) groups excluding carboxylic acids is 1. The molecule has 0 radical (unpaired) electrons. The van der Waals surface area contributed by atoms with Crippen LogP contribution in [0.4, 0.5) is 0 Å². The van der Waals surface area contributed by atoms with Crippen molar-refractivity contribution in [2.24, 2.45) is 16.8 Å². The molecule has 0 saturated heterocycles. The number of aliphatic imine (C=N–C) groups is 1. The van der Waals surface area contributed by atoms with Gasteiger partial charge in [0, 0.05) is 17.6 Å². The smallest absolute Gasteiger partial charge is 0.160 e. The Bertz CT molecular complexity index is 233. The van der Waals surface area contributed by atoms with Gasteiger partial charge in [-0.15, -0.1) is 11.8 Å². The molecule has 0 aromatic heterocycles. The van der Waals surface area contributed by atoms with E-state index in [1.165, 1.54) is 0 Å². The average molecular weight is 199 g/mol. The van der Waals surface area contributed by atoms with Crippen molar-refractivity contribution in [1.29, 1.82) is 0 Å². The summed E-state index contributed by atoms with van der Waals surface area (Å²) in [6, 6.07) is -0.0672. The maximum atomic E-state index is 11.6. The molecule has 0 aromatic rings. The highest BCUT2D eigenvalue weighted by atomic mass is 32.2. The zero-order valence-electron chi connectivity index (χ0n) is 8.70. The molecule has 0 unspecified atom stereocenters. The van der Waals surface area contributed by atoms with E-state index >= 15 is 0 Å². The highest BCUT2D eigenvalue weighted by molar-refractivity contribution is 8.14. The standard InChI is InChI=1S/C10H17NOS/c1-6(2)9(12)8-5-13-10(11-8)7(3)4/h6-8H,5H2,1-4H3/t8-/m0/s1. The maximum absolute atomic E-state index is 11.6. The molecule has 0 fully saturated rings. The van der Waals surface area contributed by atoms with Gasteiger partial charge in [0.05, 0.1) is 5.04 Å². The van der Waals surface area contributed by atoms with Gasteiger partial charge in [0.1, 0.15) is 6.04 Å². The molecule has 2 nitrogen and oxygen atoms in total. The minimum atomic E-state index is -0.0672. The molecule has 1 atom stereocenters. The maximum Gasteiger partial charge on any atom is 0.160 e. The summed E-state index contributed by atoms with van der Waals surface area (Å²) >= 11 is 1.73. The SMILES string of the molecule is CC(C)C(=O)[C@@H]1CSC(C(C)C)=N1. The van der Waals surface area contributed by atoms with E-state index in [2.05, 4.69) is 18.8 Å². The zero-order chi connectivity index (χ0) is 10.0. The fourth-order valence-corrected chi connectivity index (χ4v) is 2.34. The predicted molar refractivity (Wildman–Crippen MR) is 58.4 cm³/mol. The van der Waals surface area contributed by atoms with Crippen molar-refractivity contribution < 1.29 is 4.79 Å². The third kappa shape index (κ3) is 2.56. The van der Waals surface area contributed by atoms with Gasteiger partial charge < -0.3 is 0 Å². The lowest BCUT2D eigenvalue weighted by atomic mass is 10.0. The Morgan fingerprint density at radius 2 is 2.08 bits per heavy atom. The Hall–Kier alpha value is -0.310. The molecule has 1 rings (SSSR count). The van der Waals surface area contributed by atoms with Crippen LogP contribution in [0.1, 0.15) is 27.7 Å². The van der Waals surface area contributed by atoms with Gasteiger partial charge in [-0.1, -0.05) is 27.7 Å². The third-order valence-corrected chi connectivity index (χ3v) is 3.42. The zero-order valence-corrected chi connectivity index (χ0v) is 9.52. The van der Waals surface area contributed by atoms with Crippen LogP contribution in [0.15, 0.2) is 4.99 Å². The van der Waals surface area contributed by atoms with E-state index in [9.17, 15) is 4.79 Å². The third-order valence-electron chi connectivity index (χ3n) is 2.06. The molecule has 1 heterocycles. The topological polar surface area (TPSA) is 29.4 Å². The van der Waals surface area contributed by atoms with Crippen molar-refractivity contribution in [2.75, 3.05) is 5.75 Å². The number of thioether (sulfide) groups is 1. The summed E-state index contributed by atoms with van der Waals surface area (Å²) in [5, 5.41) is 1.14. The molecule has 13 heavy (non-hydrogen) atoms. The molecular formula is C10H17NOS. The fraction of sp³-hybridized carbons (Fsp3) is 0.800. The number of ketones is 1. The summed E-state index contributed by atoms with van der Waals surface area (Å²) in [5.41, 5.74) is 0. The Kier molecular flexibility index (Phi) is 3.54. The van der Waals surface area contributed by atoms with Gasteiger partial charge in [-0.05, 0) is 0 Å². The Labute approximate surface area is 84.2 Å². The molecule has 1 aliphatic rings. The Balaban J connectivity index is 2.62. The van der Waals surface area contributed by atoms with Gasteiger partial charge in [-0.3, -0.25) is 9.79 Å². The number of nitrogens with zero attached hydrogens (tertiary/aromatic N) is 1. The Morgan fingerprint density at radius 3 is 2.46 bits per heavy atom. The normalized spacial score (nSPS) is 22.6. The van der Waals surface area contributed by atoms with Gasteiger partial charge in [0.15, 0.2) is 5.78 Å². The van der Waals surface area contributed by atoms with Crippen LogP contribution < -0.4 is 0 Å². The highest BCUT2D eigenvalue weighted by Gasteiger charge is 2.27. The first kappa shape index (κ1) is 10.8. The van der Waals surface area contributed by atoms with E-state index in [4.69, 9.17) is 0 Å². The summed E-state index contributed by atoms with van der Waals surface area (Å²) in [6.07, 6.45) is 0. The molecule has 0 amide bonds. The number of Topliss-reactive ketones (excluding diaryl/α,β-unsaturated/α-hetero) is 1. The van der Waals surface area contributed by atoms with Crippen LogP contribution >= 0.6 is 11.8 Å². The summed E-state index contributed by atoms with van der Waals surface area (Å²) in [7, 11) is 0. The molecule has 0 saturated carbocycles. The van der Waals surface area contributed by atoms with Crippen molar-refractivity contribution in [3.8, 4) is 0 Å². The number of carbonyl (C=O) groups is 1. The summed E-state index contributed by atoms with van der Waals surface area (Å²) in [5.74, 6) is 1.71. The first-order valence-corrected chi connectivity index (χ1v) is 5.75. The summed E-state index contributed by atoms with van der Waals surface area (Å²) < 4.78 is 0. The monoisotopic (exact) mass is 199 g/mol. The van der Waals surface area contributed by atoms with Crippen molar-refractivity contribution in [2.45, 2.75) is 33.7 Å². The highest BCUT2D eigenvalue weighted by Crippen LogP contribution is 2.24. The molecule has 0 N–H and O–H groups in total. The molecular weight excluding hydrogens is 182 g/mol. The first-order valence-electron chi connectivity index (χ1n) is 4.76. The predicted octanol–water partition coefficient (Wildman–Crippen LogP) is 2.38. The van der Waals surface area contributed by atoms with Crippen LogP contribution in [-0.4, -0.2) is 22.6 Å². The largest absolute Gasteiger partial charge is 0.297 e. The van der Waals surface area contributed by atoms with E-state index in [0.717, 1.165) is 10.8 Å². The first-order chi connectivity index (χ1) is 6.02. The Morgan fingerprint density at radius 1 is 1.46 bits per heavy atom. The van der Waals surface area contributed by atoms with Gasteiger partial charge in [0.2, 0.25) is 0 Å². The van der Waals surface area contributed by atoms with Gasteiger partial charge in [-0.25, -0.2) is 0 Å². The minimum Gasteiger partial charge on any atom is -0.297 e. The summed E-state index contributed by atoms with van der Waals surface area (Å²) in [6.45, 7) is 8.12. The van der Waals surface area contributed by atoms with Gasteiger partial charge >= 0.3 is 0 Å². The van der Waals surface area contributed by atoms with Crippen LogP contribution in [-0.2, 0) is 4.79 Å². The molecule has 0 aliphatic carbocycles. The average Bonchev–Trinajstić information content (AvgIpc) is 2.50.